The maximum atomic E-state index is 13.6. The molecule has 0 saturated carbocycles. The minimum absolute atomic E-state index is 0.104. The van der Waals surface area contributed by atoms with Gasteiger partial charge in [0.25, 0.3) is 5.91 Å². The molecule has 0 aromatic heterocycles. The van der Waals surface area contributed by atoms with Crippen LogP contribution in [0.3, 0.4) is 0 Å². The Balaban J connectivity index is 1.52. The van der Waals surface area contributed by atoms with Gasteiger partial charge in [0.1, 0.15) is 18.2 Å². The number of methoxy groups -OCH3 is 1. The standard InChI is InChI=1S/C26H30N2O6S/c1-4-26(15-33-3,24(31)28-16(2)35-14-22(28)23(29)30)27-25(32)34-13-21-19-11-7-5-9-17(19)18-10-6-8-12-20(18)21/h5-12,16,21-22H,4,13-15H2,1-3H3,(H,27,32)(H,29,30). The topological polar surface area (TPSA) is 105 Å². The van der Waals surface area contributed by atoms with Crippen molar-refractivity contribution in [2.24, 2.45) is 0 Å². The van der Waals surface area contributed by atoms with Gasteiger partial charge in [0, 0.05) is 18.8 Å². The Bertz CT molecular complexity index is 1080. The van der Waals surface area contributed by atoms with E-state index in [-0.39, 0.29) is 30.9 Å². The molecule has 2 aromatic rings. The number of rotatable bonds is 8. The monoisotopic (exact) mass is 498 g/mol. The number of nitrogens with one attached hydrogen (secondary N) is 1. The summed E-state index contributed by atoms with van der Waals surface area (Å²) in [4.78, 5) is 39.7. The van der Waals surface area contributed by atoms with Gasteiger partial charge in [-0.25, -0.2) is 9.59 Å². The van der Waals surface area contributed by atoms with Crippen molar-refractivity contribution in [3.05, 3.63) is 59.7 Å². The first-order valence-corrected chi connectivity index (χ1v) is 12.7. The van der Waals surface area contributed by atoms with Gasteiger partial charge in [-0.05, 0) is 35.6 Å². The van der Waals surface area contributed by atoms with Crippen molar-refractivity contribution in [1.29, 1.82) is 0 Å². The summed E-state index contributed by atoms with van der Waals surface area (Å²) in [5, 5.41) is 12.0. The number of hydrogen-bond donors (Lipinski definition) is 2. The summed E-state index contributed by atoms with van der Waals surface area (Å²) in [6.07, 6.45) is -0.533. The molecular formula is C26H30N2O6S. The minimum atomic E-state index is -1.44. The van der Waals surface area contributed by atoms with Gasteiger partial charge in [-0.3, -0.25) is 4.79 Å². The smallest absolute Gasteiger partial charge is 0.408 e. The highest BCUT2D eigenvalue weighted by molar-refractivity contribution is 8.00. The van der Waals surface area contributed by atoms with E-state index in [0.717, 1.165) is 22.3 Å². The third kappa shape index (κ3) is 4.62. The summed E-state index contributed by atoms with van der Waals surface area (Å²) >= 11 is 1.39. The molecule has 35 heavy (non-hydrogen) atoms. The molecular weight excluding hydrogens is 468 g/mol. The van der Waals surface area contributed by atoms with E-state index < -0.39 is 29.6 Å². The number of carbonyl (C=O) groups is 3. The van der Waals surface area contributed by atoms with Crippen LogP contribution in [0.25, 0.3) is 11.1 Å². The SMILES string of the molecule is CCC(COC)(NC(=O)OCC1c2ccccc2-c2ccccc21)C(=O)N1C(C)SCC1C(=O)O. The van der Waals surface area contributed by atoms with Crippen LogP contribution in [-0.4, -0.2) is 71.0 Å². The van der Waals surface area contributed by atoms with Crippen LogP contribution >= 0.6 is 11.8 Å². The first-order chi connectivity index (χ1) is 16.8. The van der Waals surface area contributed by atoms with Gasteiger partial charge in [0.2, 0.25) is 0 Å². The fourth-order valence-electron chi connectivity index (χ4n) is 4.96. The Morgan fingerprint density at radius 1 is 1.11 bits per heavy atom. The zero-order valence-corrected chi connectivity index (χ0v) is 20.8. The molecule has 0 bridgehead atoms. The van der Waals surface area contributed by atoms with E-state index in [1.807, 2.05) is 36.4 Å². The van der Waals surface area contributed by atoms with E-state index in [4.69, 9.17) is 9.47 Å². The first-order valence-electron chi connectivity index (χ1n) is 11.6. The molecule has 8 nitrogen and oxygen atoms in total. The van der Waals surface area contributed by atoms with Gasteiger partial charge in [0.05, 0.1) is 12.0 Å². The zero-order valence-electron chi connectivity index (χ0n) is 20.0. The maximum Gasteiger partial charge on any atom is 0.408 e. The minimum Gasteiger partial charge on any atom is -0.480 e. The molecule has 1 aliphatic carbocycles. The fourth-order valence-corrected chi connectivity index (χ4v) is 6.12. The molecule has 1 saturated heterocycles. The molecule has 2 aliphatic rings. The Morgan fingerprint density at radius 2 is 1.71 bits per heavy atom. The van der Waals surface area contributed by atoms with Crippen molar-refractivity contribution >= 4 is 29.7 Å². The summed E-state index contributed by atoms with van der Waals surface area (Å²) in [5.41, 5.74) is 2.97. The van der Waals surface area contributed by atoms with E-state index >= 15 is 0 Å². The van der Waals surface area contributed by atoms with E-state index in [1.54, 1.807) is 13.8 Å². The number of ether oxygens (including phenoxy) is 2. The van der Waals surface area contributed by atoms with Crippen LogP contribution in [0.1, 0.15) is 37.3 Å². The van der Waals surface area contributed by atoms with Gasteiger partial charge in [-0.1, -0.05) is 55.5 Å². The second-order valence-corrected chi connectivity index (χ2v) is 10.2. The number of aliphatic carboxylic acids is 1. The zero-order chi connectivity index (χ0) is 25.2. The molecule has 4 rings (SSSR count). The number of thioether (sulfide) groups is 1. The second kappa shape index (κ2) is 10.3. The van der Waals surface area contributed by atoms with E-state index in [2.05, 4.69) is 17.4 Å². The normalized spacial score (nSPS) is 20.6. The lowest BCUT2D eigenvalue weighted by molar-refractivity contribution is -0.153. The van der Waals surface area contributed by atoms with Crippen LogP contribution in [-0.2, 0) is 19.1 Å². The lowest BCUT2D eigenvalue weighted by atomic mass is 9.94. The predicted octanol–water partition coefficient (Wildman–Crippen LogP) is 3.69. The van der Waals surface area contributed by atoms with Crippen molar-refractivity contribution in [3.8, 4) is 11.1 Å². The Hall–Kier alpha value is -3.04. The number of hydrogen-bond acceptors (Lipinski definition) is 6. The number of carbonyl (C=O) groups excluding carboxylic acids is 2. The van der Waals surface area contributed by atoms with E-state index in [0.29, 0.717) is 5.75 Å². The number of carboxylic acids is 1. The van der Waals surface area contributed by atoms with Crippen molar-refractivity contribution in [2.45, 2.75) is 43.1 Å². The predicted molar refractivity (Wildman–Crippen MR) is 133 cm³/mol. The van der Waals surface area contributed by atoms with Gasteiger partial charge in [0.15, 0.2) is 0 Å². The molecule has 1 fully saturated rings. The molecule has 2 aromatic carbocycles. The molecule has 3 unspecified atom stereocenters. The van der Waals surface area contributed by atoms with E-state index in [1.165, 1.54) is 23.8 Å². The lowest BCUT2D eigenvalue weighted by Crippen LogP contribution is -2.64. The van der Waals surface area contributed by atoms with Gasteiger partial charge >= 0.3 is 12.1 Å². The van der Waals surface area contributed by atoms with Crippen molar-refractivity contribution in [2.75, 3.05) is 26.1 Å². The number of fused-ring (bicyclic) bond motifs is 3. The second-order valence-electron chi connectivity index (χ2n) is 8.82. The molecule has 1 heterocycles. The summed E-state index contributed by atoms with van der Waals surface area (Å²) in [6.45, 7) is 3.54. The fraction of sp³-hybridized carbons (Fsp3) is 0.423. The lowest BCUT2D eigenvalue weighted by Gasteiger charge is -2.37. The molecule has 3 atom stereocenters. The summed E-state index contributed by atoms with van der Waals surface area (Å²) in [6, 6.07) is 15.1. The largest absolute Gasteiger partial charge is 0.480 e. The Kier molecular flexibility index (Phi) is 7.37. The summed E-state index contributed by atoms with van der Waals surface area (Å²) < 4.78 is 11.0. The first kappa shape index (κ1) is 25.1. The highest BCUT2D eigenvalue weighted by Crippen LogP contribution is 2.44. The Labute approximate surface area is 209 Å². The van der Waals surface area contributed by atoms with Crippen LogP contribution in [0, 0.1) is 0 Å². The highest BCUT2D eigenvalue weighted by Gasteiger charge is 2.49. The third-order valence-electron chi connectivity index (χ3n) is 6.83. The maximum absolute atomic E-state index is 13.6. The van der Waals surface area contributed by atoms with Crippen LogP contribution in [0.4, 0.5) is 4.79 Å². The molecule has 0 spiro atoms. The van der Waals surface area contributed by atoms with Crippen LogP contribution in [0.2, 0.25) is 0 Å². The van der Waals surface area contributed by atoms with Crippen molar-refractivity contribution < 1.29 is 29.0 Å². The average molecular weight is 499 g/mol. The van der Waals surface area contributed by atoms with Gasteiger partial charge < -0.3 is 24.8 Å². The molecule has 0 radical (unpaired) electrons. The molecule has 2 N–H and O–H groups in total. The summed E-state index contributed by atoms with van der Waals surface area (Å²) in [5.74, 6) is -1.38. The molecule has 1 aliphatic heterocycles. The molecule has 186 valence electrons. The van der Waals surface area contributed by atoms with Crippen molar-refractivity contribution in [3.63, 3.8) is 0 Å². The van der Waals surface area contributed by atoms with E-state index in [9.17, 15) is 19.5 Å². The van der Waals surface area contributed by atoms with Gasteiger partial charge in [-0.2, -0.15) is 0 Å². The van der Waals surface area contributed by atoms with Crippen LogP contribution in [0.5, 0.6) is 0 Å². The number of nitrogens with zero attached hydrogens (tertiary/aromatic N) is 1. The van der Waals surface area contributed by atoms with Gasteiger partial charge in [-0.15, -0.1) is 11.8 Å². The summed E-state index contributed by atoms with van der Waals surface area (Å²) in [7, 11) is 1.44. The molecule has 2 amide bonds. The number of amides is 2. The third-order valence-corrected chi connectivity index (χ3v) is 8.05. The highest BCUT2D eigenvalue weighted by atomic mass is 32.2. The van der Waals surface area contributed by atoms with Crippen LogP contribution < -0.4 is 5.32 Å². The Morgan fingerprint density at radius 3 is 2.26 bits per heavy atom. The number of benzene rings is 2. The molecule has 9 heteroatoms. The van der Waals surface area contributed by atoms with Crippen molar-refractivity contribution in [1.82, 2.24) is 10.2 Å². The quantitative estimate of drug-likeness (QED) is 0.572. The number of carboxylic acid groups (broad SMARTS) is 1. The van der Waals surface area contributed by atoms with Crippen LogP contribution in [0.15, 0.2) is 48.5 Å². The number of alkyl carbamates (subject to hydrolysis) is 1. The average Bonchev–Trinajstić information content (AvgIpc) is 3.40.